The second-order valence-corrected chi connectivity index (χ2v) is 9.87. The van der Waals surface area contributed by atoms with E-state index in [0.717, 1.165) is 43.7 Å². The molecule has 6 heteroatoms. The average Bonchev–Trinajstić information content (AvgIpc) is 3.55. The zero-order valence-corrected chi connectivity index (χ0v) is 19.9. The summed E-state index contributed by atoms with van der Waals surface area (Å²) in [5.74, 6) is 0. The van der Waals surface area contributed by atoms with Crippen LogP contribution >= 0.6 is 15.9 Å². The Kier molecular flexibility index (Phi) is 3.67. The first kappa shape index (κ1) is 19.2. The van der Waals surface area contributed by atoms with Crippen LogP contribution in [0.25, 0.3) is 39.2 Å². The maximum atomic E-state index is 4.80. The zero-order chi connectivity index (χ0) is 23.1. The number of benzene rings is 3. The van der Waals surface area contributed by atoms with E-state index in [1.165, 1.54) is 22.3 Å². The van der Waals surface area contributed by atoms with E-state index in [1.54, 1.807) is 0 Å². The number of nitrogens with zero attached hydrogens (tertiary/aromatic N) is 5. The fourth-order valence-electron chi connectivity index (χ4n) is 5.99. The smallest absolute Gasteiger partial charge is 0.113 e. The van der Waals surface area contributed by atoms with Gasteiger partial charge < -0.3 is 0 Å². The van der Waals surface area contributed by atoms with Crippen LogP contribution in [0, 0.1) is 0 Å². The van der Waals surface area contributed by atoms with Crippen LogP contribution in [-0.2, 0) is 5.41 Å². The van der Waals surface area contributed by atoms with Crippen molar-refractivity contribution >= 4 is 27.0 Å². The van der Waals surface area contributed by atoms with Gasteiger partial charge in [-0.25, -0.2) is 4.68 Å². The highest BCUT2D eigenvalue weighted by Gasteiger charge is 2.53. The van der Waals surface area contributed by atoms with E-state index in [9.17, 15) is 0 Å². The lowest BCUT2D eigenvalue weighted by Crippen LogP contribution is -2.26. The Morgan fingerprint density at radius 3 is 2.11 bits per heavy atom. The van der Waals surface area contributed by atoms with Crippen LogP contribution in [0.4, 0.5) is 0 Å². The summed E-state index contributed by atoms with van der Waals surface area (Å²) in [5.41, 5.74) is 11.4. The molecule has 0 atom stereocenters. The molecule has 0 saturated carbocycles. The second kappa shape index (κ2) is 6.71. The van der Waals surface area contributed by atoms with Gasteiger partial charge in [0.1, 0.15) is 5.52 Å². The molecule has 2 aliphatic carbocycles. The van der Waals surface area contributed by atoms with Gasteiger partial charge >= 0.3 is 0 Å². The number of aromatic nitrogens is 5. The molecule has 0 saturated heterocycles. The highest BCUT2D eigenvalue weighted by atomic mass is 79.9. The summed E-state index contributed by atoms with van der Waals surface area (Å²) in [6.45, 7) is 0. The molecule has 8 rings (SSSR count). The first-order valence-corrected chi connectivity index (χ1v) is 12.2. The highest BCUT2D eigenvalue weighted by Crippen LogP contribution is 2.62. The predicted molar refractivity (Wildman–Crippen MR) is 138 cm³/mol. The molecule has 0 aliphatic heterocycles. The van der Waals surface area contributed by atoms with Gasteiger partial charge in [0.2, 0.25) is 0 Å². The third kappa shape index (κ3) is 2.32. The molecule has 1 spiro atoms. The van der Waals surface area contributed by atoms with Crippen LogP contribution in [0.5, 0.6) is 0 Å². The Bertz CT molecular complexity index is 1790. The first-order chi connectivity index (χ1) is 17.3. The van der Waals surface area contributed by atoms with Gasteiger partial charge in [-0.3, -0.25) is 9.97 Å². The predicted octanol–water partition coefficient (Wildman–Crippen LogP) is 6.32. The van der Waals surface area contributed by atoms with Crippen molar-refractivity contribution in [2.75, 3.05) is 0 Å². The Hall–Kier alpha value is -4.16. The molecule has 3 heterocycles. The minimum Gasteiger partial charge on any atom is -0.254 e. The monoisotopic (exact) mass is 513 g/mol. The van der Waals surface area contributed by atoms with Gasteiger partial charge in [0.15, 0.2) is 0 Å². The molecule has 0 fully saturated rings. The fraction of sp³-hybridized carbons (Fsp3) is 0.0345. The minimum atomic E-state index is -0.506. The third-order valence-corrected chi connectivity index (χ3v) is 7.82. The molecule has 6 aromatic rings. The number of fused-ring (bicyclic) bond motifs is 11. The number of hydrogen-bond acceptors (Lipinski definition) is 4. The van der Waals surface area contributed by atoms with Gasteiger partial charge in [-0.15, -0.1) is 5.10 Å². The molecule has 0 bridgehead atoms. The number of para-hydroxylation sites is 1. The Morgan fingerprint density at radius 2 is 1.34 bits per heavy atom. The van der Waals surface area contributed by atoms with E-state index >= 15 is 0 Å². The molecular weight excluding hydrogens is 498 g/mol. The summed E-state index contributed by atoms with van der Waals surface area (Å²) in [5, 5.41) is 8.88. The highest BCUT2D eigenvalue weighted by molar-refractivity contribution is 9.10. The van der Waals surface area contributed by atoms with Gasteiger partial charge in [-0.2, -0.15) is 0 Å². The maximum absolute atomic E-state index is 4.80. The minimum absolute atomic E-state index is 0.506. The SMILES string of the molecule is Brc1ccc2c(c1)C1(c3cc(-n4nnc5ccccc54)ccc3-2)c2cccnc2-c2ncccc21. The quantitative estimate of drug-likeness (QED) is 0.258. The lowest BCUT2D eigenvalue weighted by atomic mass is 9.71. The van der Waals surface area contributed by atoms with Crippen molar-refractivity contribution in [2.45, 2.75) is 5.41 Å². The lowest BCUT2D eigenvalue weighted by Gasteiger charge is -2.30. The lowest BCUT2D eigenvalue weighted by molar-refractivity contribution is 0.779. The van der Waals surface area contributed by atoms with E-state index < -0.39 is 5.41 Å². The Balaban J connectivity index is 1.51. The van der Waals surface area contributed by atoms with E-state index in [4.69, 9.17) is 9.97 Å². The van der Waals surface area contributed by atoms with Crippen molar-refractivity contribution in [3.05, 3.63) is 124 Å². The van der Waals surface area contributed by atoms with Crippen LogP contribution < -0.4 is 0 Å². The summed E-state index contributed by atoms with van der Waals surface area (Å²) in [7, 11) is 0. The Morgan fingerprint density at radius 1 is 0.657 bits per heavy atom. The van der Waals surface area contributed by atoms with Gasteiger partial charge in [0.25, 0.3) is 0 Å². The van der Waals surface area contributed by atoms with Crippen molar-refractivity contribution in [2.24, 2.45) is 0 Å². The third-order valence-electron chi connectivity index (χ3n) is 7.33. The molecule has 0 unspecified atom stereocenters. The number of rotatable bonds is 1. The van der Waals surface area contributed by atoms with Gasteiger partial charge in [-0.1, -0.05) is 57.5 Å². The zero-order valence-electron chi connectivity index (χ0n) is 18.4. The van der Waals surface area contributed by atoms with Gasteiger partial charge in [0, 0.05) is 16.9 Å². The summed E-state index contributed by atoms with van der Waals surface area (Å²) < 4.78 is 2.97. The molecule has 0 radical (unpaired) electrons. The van der Waals surface area contributed by atoms with Crippen molar-refractivity contribution in [3.63, 3.8) is 0 Å². The number of pyridine rings is 2. The molecule has 3 aromatic heterocycles. The Labute approximate surface area is 209 Å². The summed E-state index contributed by atoms with van der Waals surface area (Å²) in [6.07, 6.45) is 3.71. The van der Waals surface area contributed by atoms with Crippen LogP contribution in [0.3, 0.4) is 0 Å². The number of hydrogen-bond donors (Lipinski definition) is 0. The van der Waals surface area contributed by atoms with E-state index in [-0.39, 0.29) is 0 Å². The molecule has 35 heavy (non-hydrogen) atoms. The van der Waals surface area contributed by atoms with Crippen molar-refractivity contribution < 1.29 is 0 Å². The van der Waals surface area contributed by atoms with Crippen molar-refractivity contribution in [1.29, 1.82) is 0 Å². The van der Waals surface area contributed by atoms with Crippen LogP contribution in [0.15, 0.2) is 102 Å². The standard InChI is InChI=1S/C29H16BrN5/c30-17-9-11-19-20-12-10-18(35-26-8-2-1-7-25(26)33-34-35)16-24(20)29(23(19)15-17)21-5-3-13-31-27(21)28-22(29)6-4-14-32-28/h1-16H. The van der Waals surface area contributed by atoms with Crippen molar-refractivity contribution in [3.8, 4) is 28.2 Å². The van der Waals surface area contributed by atoms with E-state index in [0.29, 0.717) is 0 Å². The fourth-order valence-corrected chi connectivity index (χ4v) is 6.36. The molecule has 164 valence electrons. The van der Waals surface area contributed by atoms with Crippen molar-refractivity contribution in [1.82, 2.24) is 25.0 Å². The van der Waals surface area contributed by atoms with E-state index in [2.05, 4.69) is 80.8 Å². The topological polar surface area (TPSA) is 56.5 Å². The van der Waals surface area contributed by atoms with Crippen LogP contribution in [0.2, 0.25) is 0 Å². The average molecular weight is 514 g/mol. The molecular formula is C29H16BrN5. The normalized spacial score (nSPS) is 14.1. The van der Waals surface area contributed by atoms with Gasteiger partial charge in [-0.05, 0) is 81.9 Å². The van der Waals surface area contributed by atoms with Crippen LogP contribution in [-0.4, -0.2) is 25.0 Å². The largest absolute Gasteiger partial charge is 0.254 e. The van der Waals surface area contributed by atoms with Gasteiger partial charge in [0.05, 0.1) is 28.0 Å². The summed E-state index contributed by atoms with van der Waals surface area (Å²) in [6, 6.07) is 29.7. The molecule has 3 aromatic carbocycles. The molecule has 0 N–H and O–H groups in total. The first-order valence-electron chi connectivity index (χ1n) is 11.4. The number of halogens is 1. The second-order valence-electron chi connectivity index (χ2n) is 8.96. The van der Waals surface area contributed by atoms with E-state index in [1.807, 2.05) is 47.4 Å². The molecule has 0 amide bonds. The van der Waals surface area contributed by atoms with Crippen LogP contribution in [0.1, 0.15) is 22.3 Å². The maximum Gasteiger partial charge on any atom is 0.113 e. The molecule has 2 aliphatic rings. The molecule has 5 nitrogen and oxygen atoms in total. The summed E-state index contributed by atoms with van der Waals surface area (Å²) >= 11 is 3.74. The summed E-state index contributed by atoms with van der Waals surface area (Å²) in [4.78, 5) is 9.60.